The van der Waals surface area contributed by atoms with Gasteiger partial charge in [0.05, 0.1) is 30.0 Å². The molecule has 0 saturated carbocycles. The van der Waals surface area contributed by atoms with Crippen LogP contribution in [-0.2, 0) is 18.9 Å². The zero-order valence-corrected chi connectivity index (χ0v) is 24.8. The fourth-order valence-electron chi connectivity index (χ4n) is 4.93. The molecule has 2 aromatic heterocycles. The van der Waals surface area contributed by atoms with Crippen LogP contribution < -0.4 is 10.4 Å². The molecule has 5 aromatic rings. The molecule has 0 spiro atoms. The van der Waals surface area contributed by atoms with Crippen LogP contribution in [0.2, 0.25) is 0 Å². The monoisotopic (exact) mass is 637 g/mol. The highest BCUT2D eigenvalue weighted by molar-refractivity contribution is 5.91. The highest BCUT2D eigenvalue weighted by Crippen LogP contribution is 2.35. The predicted molar refractivity (Wildman–Crippen MR) is 162 cm³/mol. The van der Waals surface area contributed by atoms with E-state index in [-0.39, 0.29) is 28.3 Å². The first-order chi connectivity index (χ1) is 22.9. The van der Waals surface area contributed by atoms with Crippen molar-refractivity contribution in [3.63, 3.8) is 0 Å². The molecule has 1 fully saturated rings. The Morgan fingerprint density at radius 2 is 1.34 bits per heavy atom. The lowest BCUT2D eigenvalue weighted by molar-refractivity contribution is -0.0641. The second-order valence-corrected chi connectivity index (χ2v) is 10.2. The van der Waals surface area contributed by atoms with Crippen molar-refractivity contribution in [3.05, 3.63) is 137 Å². The van der Waals surface area contributed by atoms with Gasteiger partial charge in [0.25, 0.3) is 0 Å². The standard InChI is InChI=1S/C33H27N5O9/c1-43-24-17-37(33(42)36-28(24)38-20-34-19-35-38)29-27(47-32(41)23-15-9-4-10-16-23)26(46-31(40)22-13-7-3-8-14-22)25(45-29)18-44-30(39)21-11-5-2-6-12-21/h2-17,19-20,25-27,29H,18H2,1H3/t25-,26?,27?,29-/m1/s1. The van der Waals surface area contributed by atoms with E-state index in [1.165, 1.54) is 30.6 Å². The summed E-state index contributed by atoms with van der Waals surface area (Å²) in [6.45, 7) is -0.424. The quantitative estimate of drug-likeness (QED) is 0.163. The maximum atomic E-state index is 13.5. The van der Waals surface area contributed by atoms with E-state index in [4.69, 9.17) is 23.7 Å². The van der Waals surface area contributed by atoms with E-state index >= 15 is 0 Å². The average molecular weight is 638 g/mol. The molecule has 0 amide bonds. The first-order valence-corrected chi connectivity index (χ1v) is 14.3. The first-order valence-electron chi connectivity index (χ1n) is 14.3. The molecule has 6 rings (SSSR count). The minimum atomic E-state index is -1.42. The number of aromatic nitrogens is 5. The van der Waals surface area contributed by atoms with Crippen molar-refractivity contribution in [2.75, 3.05) is 13.7 Å². The van der Waals surface area contributed by atoms with Crippen molar-refractivity contribution in [3.8, 4) is 11.6 Å². The minimum Gasteiger partial charge on any atom is -0.491 e. The summed E-state index contributed by atoms with van der Waals surface area (Å²) in [5.41, 5.74) is -0.150. The number of hydrogen-bond acceptors (Lipinski definition) is 12. The van der Waals surface area contributed by atoms with E-state index in [1.54, 1.807) is 91.0 Å². The van der Waals surface area contributed by atoms with Crippen molar-refractivity contribution >= 4 is 17.9 Å². The smallest absolute Gasteiger partial charge is 0.352 e. The summed E-state index contributed by atoms with van der Waals surface area (Å²) < 4.78 is 31.4. The van der Waals surface area contributed by atoms with Gasteiger partial charge in [0.15, 0.2) is 24.2 Å². The van der Waals surface area contributed by atoms with Gasteiger partial charge in [0.1, 0.15) is 25.4 Å². The highest BCUT2D eigenvalue weighted by Gasteiger charge is 2.52. The first kappa shape index (κ1) is 30.9. The fourth-order valence-corrected chi connectivity index (χ4v) is 4.93. The second kappa shape index (κ2) is 13.9. The number of methoxy groups -OCH3 is 1. The Balaban J connectivity index is 1.39. The van der Waals surface area contributed by atoms with Crippen LogP contribution in [0.1, 0.15) is 37.3 Å². The number of carbonyl (C=O) groups is 3. The summed E-state index contributed by atoms with van der Waals surface area (Å²) in [5, 5.41) is 4.01. The van der Waals surface area contributed by atoms with Crippen LogP contribution >= 0.6 is 0 Å². The van der Waals surface area contributed by atoms with Crippen LogP contribution in [-0.4, -0.2) is 74.3 Å². The third kappa shape index (κ3) is 6.77. The Hall–Kier alpha value is -6.15. The van der Waals surface area contributed by atoms with Gasteiger partial charge >= 0.3 is 23.6 Å². The molecule has 47 heavy (non-hydrogen) atoms. The topological polar surface area (TPSA) is 163 Å². The van der Waals surface area contributed by atoms with Crippen LogP contribution in [0, 0.1) is 0 Å². The molecule has 2 unspecified atom stereocenters. The Bertz CT molecular complexity index is 1900. The Morgan fingerprint density at radius 3 is 1.87 bits per heavy atom. The van der Waals surface area contributed by atoms with Crippen molar-refractivity contribution in [2.45, 2.75) is 24.5 Å². The third-order valence-electron chi connectivity index (χ3n) is 7.21. The fraction of sp³-hybridized carbons (Fsp3) is 0.182. The number of carbonyl (C=O) groups excluding carboxylic acids is 3. The second-order valence-electron chi connectivity index (χ2n) is 10.2. The molecule has 1 aliphatic heterocycles. The molecule has 0 bridgehead atoms. The lowest BCUT2D eigenvalue weighted by Crippen LogP contribution is -2.42. The summed E-state index contributed by atoms with van der Waals surface area (Å²) in [4.78, 5) is 61.1. The van der Waals surface area contributed by atoms with Gasteiger partial charge in [-0.05, 0) is 36.4 Å². The molecule has 238 valence electrons. The number of rotatable bonds is 10. The zero-order valence-electron chi connectivity index (χ0n) is 24.8. The molecular weight excluding hydrogens is 610 g/mol. The number of benzene rings is 3. The Labute approximate surface area is 267 Å². The van der Waals surface area contributed by atoms with Crippen molar-refractivity contribution in [1.29, 1.82) is 0 Å². The molecule has 1 aliphatic rings. The van der Waals surface area contributed by atoms with Crippen molar-refractivity contribution < 1.29 is 38.1 Å². The summed E-state index contributed by atoms with van der Waals surface area (Å²) in [7, 11) is 1.37. The molecule has 3 aromatic carbocycles. The lowest BCUT2D eigenvalue weighted by Gasteiger charge is -2.25. The van der Waals surface area contributed by atoms with E-state index in [0.29, 0.717) is 0 Å². The summed E-state index contributed by atoms with van der Waals surface area (Å²) >= 11 is 0. The molecule has 0 N–H and O–H groups in total. The SMILES string of the molecule is COc1cn([C@@H]2O[C@H](COC(=O)c3ccccc3)C(OC(=O)c3ccccc3)C2OC(=O)c2ccccc2)c(=O)nc1-n1cncn1. The molecule has 4 atom stereocenters. The third-order valence-corrected chi connectivity index (χ3v) is 7.21. The van der Waals surface area contributed by atoms with Crippen LogP contribution in [0.3, 0.4) is 0 Å². The summed E-state index contributed by atoms with van der Waals surface area (Å²) in [5.74, 6) is -2.06. The van der Waals surface area contributed by atoms with Gasteiger partial charge in [-0.3, -0.25) is 4.57 Å². The van der Waals surface area contributed by atoms with E-state index in [0.717, 1.165) is 4.57 Å². The van der Waals surface area contributed by atoms with E-state index in [2.05, 4.69) is 15.1 Å². The van der Waals surface area contributed by atoms with Crippen LogP contribution in [0.5, 0.6) is 5.75 Å². The lowest BCUT2D eigenvalue weighted by atomic mass is 10.1. The highest BCUT2D eigenvalue weighted by atomic mass is 16.7. The molecule has 14 nitrogen and oxygen atoms in total. The van der Waals surface area contributed by atoms with Gasteiger partial charge in [-0.15, -0.1) is 0 Å². The molecular formula is C33H27N5O9. The number of nitrogens with zero attached hydrogens (tertiary/aromatic N) is 5. The molecule has 14 heteroatoms. The van der Waals surface area contributed by atoms with E-state index in [9.17, 15) is 19.2 Å². The Morgan fingerprint density at radius 1 is 0.787 bits per heavy atom. The van der Waals surface area contributed by atoms with Crippen LogP contribution in [0.25, 0.3) is 5.82 Å². The molecule has 3 heterocycles. The normalized spacial score (nSPS) is 18.7. The number of hydrogen-bond donors (Lipinski definition) is 0. The van der Waals surface area contributed by atoms with E-state index in [1.807, 2.05) is 0 Å². The van der Waals surface area contributed by atoms with Gasteiger partial charge in [-0.1, -0.05) is 54.6 Å². The predicted octanol–water partition coefficient (Wildman–Crippen LogP) is 3.04. The van der Waals surface area contributed by atoms with E-state index < -0.39 is 54.7 Å². The van der Waals surface area contributed by atoms with Gasteiger partial charge in [0, 0.05) is 0 Å². The van der Waals surface area contributed by atoms with Gasteiger partial charge < -0.3 is 23.7 Å². The number of ether oxygens (including phenoxy) is 5. The van der Waals surface area contributed by atoms with Crippen LogP contribution in [0.4, 0.5) is 0 Å². The van der Waals surface area contributed by atoms with Gasteiger partial charge in [-0.25, -0.2) is 24.2 Å². The van der Waals surface area contributed by atoms with Crippen LogP contribution in [0.15, 0.2) is 115 Å². The zero-order chi connectivity index (χ0) is 32.8. The van der Waals surface area contributed by atoms with Crippen molar-refractivity contribution in [2.24, 2.45) is 0 Å². The number of esters is 3. The Kier molecular flexibility index (Phi) is 9.11. The molecule has 0 aliphatic carbocycles. The maximum absolute atomic E-state index is 13.5. The molecule has 0 radical (unpaired) electrons. The maximum Gasteiger partial charge on any atom is 0.352 e. The van der Waals surface area contributed by atoms with Gasteiger partial charge in [-0.2, -0.15) is 14.8 Å². The van der Waals surface area contributed by atoms with Gasteiger partial charge in [0.2, 0.25) is 5.82 Å². The summed E-state index contributed by atoms with van der Waals surface area (Å²) in [6.07, 6.45) is -1.47. The minimum absolute atomic E-state index is 0.0440. The molecule has 1 saturated heterocycles. The van der Waals surface area contributed by atoms with Crippen molar-refractivity contribution in [1.82, 2.24) is 24.3 Å². The largest absolute Gasteiger partial charge is 0.491 e. The average Bonchev–Trinajstić information content (AvgIpc) is 3.77. The summed E-state index contributed by atoms with van der Waals surface area (Å²) in [6, 6.07) is 24.5.